The van der Waals surface area contributed by atoms with Crippen molar-refractivity contribution in [3.05, 3.63) is 54.0 Å². The summed E-state index contributed by atoms with van der Waals surface area (Å²) < 4.78 is 40.4. The number of piperidine rings is 2. The molecule has 172 valence electrons. The molecule has 1 aromatic heterocycles. The lowest BCUT2D eigenvalue weighted by molar-refractivity contribution is -0.126. The second kappa shape index (κ2) is 9.95. The number of hydrogen-bond donors (Lipinski definition) is 1. The first-order valence-electron chi connectivity index (χ1n) is 11.2. The third kappa shape index (κ3) is 5.10. The van der Waals surface area contributed by atoms with Gasteiger partial charge in [-0.05, 0) is 62.4 Å². The number of carbonyl (C=O) groups excluding carboxylic acids is 1. The Balaban J connectivity index is 1.40. The molecule has 1 N–H and O–H groups in total. The minimum Gasteiger partial charge on any atom is -0.356 e. The molecular formula is C23H29FN4O3S. The monoisotopic (exact) mass is 460 g/mol. The first-order chi connectivity index (χ1) is 15.4. The van der Waals surface area contributed by atoms with Crippen LogP contribution in [-0.2, 0) is 21.4 Å². The van der Waals surface area contributed by atoms with Crippen LogP contribution >= 0.6 is 0 Å². The summed E-state index contributed by atoms with van der Waals surface area (Å²) in [4.78, 5) is 19.7. The first-order valence-corrected chi connectivity index (χ1v) is 12.6. The number of rotatable bonds is 6. The van der Waals surface area contributed by atoms with E-state index < -0.39 is 21.8 Å². The van der Waals surface area contributed by atoms with Gasteiger partial charge in [-0.3, -0.25) is 4.79 Å². The van der Waals surface area contributed by atoms with Crippen molar-refractivity contribution in [1.82, 2.24) is 14.6 Å². The Kier molecular flexibility index (Phi) is 7.05. The number of benzene rings is 1. The molecule has 3 heterocycles. The van der Waals surface area contributed by atoms with Gasteiger partial charge >= 0.3 is 0 Å². The van der Waals surface area contributed by atoms with Crippen LogP contribution in [0.5, 0.6) is 0 Å². The number of carbonyl (C=O) groups is 1. The number of amides is 1. The number of nitrogens with zero attached hydrogens (tertiary/aromatic N) is 3. The molecule has 2 aliphatic heterocycles. The van der Waals surface area contributed by atoms with E-state index in [0.29, 0.717) is 25.9 Å². The molecule has 1 aromatic carbocycles. The number of aromatic nitrogens is 1. The number of pyridine rings is 1. The smallest absolute Gasteiger partial charge is 0.243 e. The van der Waals surface area contributed by atoms with E-state index in [1.54, 1.807) is 6.20 Å². The molecule has 1 atom stereocenters. The van der Waals surface area contributed by atoms with Crippen LogP contribution in [0.15, 0.2) is 47.5 Å². The van der Waals surface area contributed by atoms with Crippen LogP contribution in [0.1, 0.15) is 37.7 Å². The number of hydrogen-bond acceptors (Lipinski definition) is 5. The van der Waals surface area contributed by atoms with Gasteiger partial charge in [0, 0.05) is 44.5 Å². The lowest BCUT2D eigenvalue weighted by atomic mass is 9.98. The average Bonchev–Trinajstić information content (AvgIpc) is 2.83. The highest BCUT2D eigenvalue weighted by atomic mass is 32.2. The maximum Gasteiger partial charge on any atom is 0.243 e. The predicted octanol–water partition coefficient (Wildman–Crippen LogP) is 2.93. The van der Waals surface area contributed by atoms with Gasteiger partial charge in [0.05, 0.1) is 10.8 Å². The van der Waals surface area contributed by atoms with Crippen molar-refractivity contribution >= 4 is 21.7 Å². The van der Waals surface area contributed by atoms with E-state index in [1.165, 1.54) is 22.9 Å². The van der Waals surface area contributed by atoms with Gasteiger partial charge < -0.3 is 10.2 Å². The van der Waals surface area contributed by atoms with Crippen molar-refractivity contribution in [3.8, 4) is 0 Å². The highest BCUT2D eigenvalue weighted by molar-refractivity contribution is 7.89. The van der Waals surface area contributed by atoms with Gasteiger partial charge in [-0.25, -0.2) is 17.8 Å². The van der Waals surface area contributed by atoms with Crippen molar-refractivity contribution in [2.24, 2.45) is 5.92 Å². The minimum absolute atomic E-state index is 0.0430. The van der Waals surface area contributed by atoms with Gasteiger partial charge in [-0.2, -0.15) is 4.31 Å². The highest BCUT2D eigenvalue weighted by Gasteiger charge is 2.33. The summed E-state index contributed by atoms with van der Waals surface area (Å²) in [5.74, 6) is -0.151. The molecule has 2 fully saturated rings. The molecule has 32 heavy (non-hydrogen) atoms. The van der Waals surface area contributed by atoms with Crippen LogP contribution in [0.4, 0.5) is 10.2 Å². The zero-order chi connectivity index (χ0) is 22.6. The van der Waals surface area contributed by atoms with E-state index in [2.05, 4.69) is 15.2 Å². The summed E-state index contributed by atoms with van der Waals surface area (Å²) in [6, 6.07) is 8.64. The summed E-state index contributed by atoms with van der Waals surface area (Å²) in [7, 11) is -3.76. The molecule has 1 amide bonds. The van der Waals surface area contributed by atoms with Crippen LogP contribution in [0.3, 0.4) is 0 Å². The largest absolute Gasteiger partial charge is 0.356 e. The molecular weight excluding hydrogens is 431 g/mol. The summed E-state index contributed by atoms with van der Waals surface area (Å²) in [5, 5.41) is 2.99. The molecule has 2 aliphatic rings. The molecule has 2 aromatic rings. The fraction of sp³-hybridized carbons (Fsp3) is 0.478. The van der Waals surface area contributed by atoms with Crippen LogP contribution in [-0.4, -0.2) is 49.8 Å². The Labute approximate surface area is 188 Å². The van der Waals surface area contributed by atoms with Crippen LogP contribution in [0.25, 0.3) is 0 Å². The van der Waals surface area contributed by atoms with Crippen molar-refractivity contribution in [2.45, 2.75) is 43.5 Å². The molecule has 1 unspecified atom stereocenters. The zero-order valence-corrected chi connectivity index (χ0v) is 18.9. The molecule has 7 nitrogen and oxygen atoms in total. The Hall–Kier alpha value is -2.52. The fourth-order valence-electron chi connectivity index (χ4n) is 4.42. The Morgan fingerprint density at radius 3 is 2.56 bits per heavy atom. The highest BCUT2D eigenvalue weighted by Crippen LogP contribution is 2.25. The predicted molar refractivity (Wildman–Crippen MR) is 120 cm³/mol. The number of sulfonamides is 1. The van der Waals surface area contributed by atoms with Crippen LogP contribution in [0, 0.1) is 11.7 Å². The molecule has 4 rings (SSSR count). The van der Waals surface area contributed by atoms with E-state index in [-0.39, 0.29) is 17.3 Å². The molecule has 2 saturated heterocycles. The van der Waals surface area contributed by atoms with E-state index in [1.807, 2.05) is 12.1 Å². The van der Waals surface area contributed by atoms with Crippen molar-refractivity contribution < 1.29 is 17.6 Å². The van der Waals surface area contributed by atoms with Gasteiger partial charge in [-0.15, -0.1) is 0 Å². The Morgan fingerprint density at radius 2 is 1.81 bits per heavy atom. The molecule has 0 radical (unpaired) electrons. The van der Waals surface area contributed by atoms with E-state index in [9.17, 15) is 17.6 Å². The molecule has 0 saturated carbocycles. The van der Waals surface area contributed by atoms with Crippen LogP contribution < -0.4 is 10.2 Å². The van der Waals surface area contributed by atoms with Gasteiger partial charge in [0.1, 0.15) is 11.6 Å². The normalized spacial score (nSPS) is 20.2. The van der Waals surface area contributed by atoms with Gasteiger partial charge in [0.25, 0.3) is 0 Å². The summed E-state index contributed by atoms with van der Waals surface area (Å²) in [6.45, 7) is 2.77. The third-order valence-electron chi connectivity index (χ3n) is 6.18. The van der Waals surface area contributed by atoms with Gasteiger partial charge in [0.2, 0.25) is 15.9 Å². The Bertz CT molecular complexity index is 1040. The number of nitrogens with one attached hydrogen (secondary N) is 1. The second-order valence-corrected chi connectivity index (χ2v) is 10.3. The summed E-state index contributed by atoms with van der Waals surface area (Å²) in [5.41, 5.74) is 0.967. The summed E-state index contributed by atoms with van der Waals surface area (Å²) >= 11 is 0. The standard InChI is InChI=1S/C23H29FN4O3S/c24-20-8-10-21(11-9-20)32(30,31)28-15-5-7-19(17-28)23(29)26-16-18-6-4-12-25-22(18)27-13-2-1-3-14-27/h4,6,8-12,19H,1-3,5,7,13-17H2,(H,26,29). The van der Waals surface area contributed by atoms with Gasteiger partial charge in [-0.1, -0.05) is 6.07 Å². The quantitative estimate of drug-likeness (QED) is 0.717. The van der Waals surface area contributed by atoms with Gasteiger partial charge in [0.15, 0.2) is 0 Å². The SMILES string of the molecule is O=C(NCc1cccnc1N1CCCCC1)C1CCCN(S(=O)(=O)c2ccc(F)cc2)C1. The van der Waals surface area contributed by atoms with Crippen LogP contribution in [0.2, 0.25) is 0 Å². The first kappa shape index (κ1) is 22.7. The summed E-state index contributed by atoms with van der Waals surface area (Å²) in [6.07, 6.45) is 6.52. The number of halogens is 1. The van der Waals surface area contributed by atoms with E-state index in [0.717, 1.165) is 49.4 Å². The second-order valence-electron chi connectivity index (χ2n) is 8.41. The van der Waals surface area contributed by atoms with E-state index >= 15 is 0 Å². The zero-order valence-electron chi connectivity index (χ0n) is 18.0. The molecule has 0 bridgehead atoms. The average molecular weight is 461 g/mol. The molecule has 0 aliphatic carbocycles. The van der Waals surface area contributed by atoms with E-state index in [4.69, 9.17) is 0 Å². The Morgan fingerprint density at radius 1 is 1.06 bits per heavy atom. The van der Waals surface area contributed by atoms with Crippen molar-refractivity contribution in [1.29, 1.82) is 0 Å². The van der Waals surface area contributed by atoms with Crippen molar-refractivity contribution in [2.75, 3.05) is 31.1 Å². The molecule has 0 spiro atoms. The third-order valence-corrected chi connectivity index (χ3v) is 8.06. The maximum absolute atomic E-state index is 13.2. The molecule has 9 heteroatoms. The fourth-order valence-corrected chi connectivity index (χ4v) is 5.94. The lowest BCUT2D eigenvalue weighted by Crippen LogP contribution is -2.45. The topological polar surface area (TPSA) is 82.6 Å². The maximum atomic E-state index is 13.2. The van der Waals surface area contributed by atoms with Crippen molar-refractivity contribution in [3.63, 3.8) is 0 Å². The number of anilines is 1. The lowest BCUT2D eigenvalue weighted by Gasteiger charge is -2.31. The minimum atomic E-state index is -3.76.